The molecule has 1 fully saturated rings. The molecule has 70 valence electrons. The van der Waals surface area contributed by atoms with Crippen LogP contribution in [0.3, 0.4) is 0 Å². The first-order chi connectivity index (χ1) is 6.34. The first kappa shape index (κ1) is 8.55. The lowest BCUT2D eigenvalue weighted by molar-refractivity contribution is 0.679. The van der Waals surface area contributed by atoms with Crippen molar-refractivity contribution in [1.82, 2.24) is 14.9 Å². The van der Waals surface area contributed by atoms with Gasteiger partial charge >= 0.3 is 0 Å². The molecular weight excluding hydrogens is 188 g/mol. The van der Waals surface area contributed by atoms with Crippen molar-refractivity contribution in [3.63, 3.8) is 0 Å². The van der Waals surface area contributed by atoms with E-state index >= 15 is 0 Å². The second kappa shape index (κ2) is 3.78. The molecule has 5 nitrogen and oxygen atoms in total. The second-order valence-electron chi connectivity index (χ2n) is 2.83. The lowest BCUT2D eigenvalue weighted by Gasteiger charge is -2.11. The van der Waals surface area contributed by atoms with Crippen LogP contribution in [0, 0.1) is 0 Å². The Bertz CT molecular complexity index is 320. The summed E-state index contributed by atoms with van der Waals surface area (Å²) in [5.74, 6) is 1.46. The Morgan fingerprint density at radius 3 is 2.85 bits per heavy atom. The number of aromatic nitrogens is 3. The number of hydrogen-bond acceptors (Lipinski definition) is 4. The van der Waals surface area contributed by atoms with E-state index in [4.69, 9.17) is 0 Å². The molecule has 13 heavy (non-hydrogen) atoms. The second-order valence-corrected chi connectivity index (χ2v) is 4.53. The molecule has 1 aliphatic heterocycles. The Hall–Kier alpha value is -1.04. The normalized spacial score (nSPS) is 23.1. The third-order valence-corrected chi connectivity index (χ3v) is 3.21. The van der Waals surface area contributed by atoms with Crippen molar-refractivity contribution in [2.75, 3.05) is 11.5 Å². The summed E-state index contributed by atoms with van der Waals surface area (Å²) in [6.45, 7) is 0. The van der Waals surface area contributed by atoms with Crippen molar-refractivity contribution in [2.45, 2.75) is 12.8 Å². The molecule has 2 rings (SSSR count). The first-order valence-corrected chi connectivity index (χ1v) is 5.60. The summed E-state index contributed by atoms with van der Waals surface area (Å²) in [6, 6.07) is 0. The molecule has 1 aliphatic rings. The fourth-order valence-corrected chi connectivity index (χ4v) is 2.32. The van der Waals surface area contributed by atoms with Gasteiger partial charge in [0.2, 0.25) is 0 Å². The van der Waals surface area contributed by atoms with Gasteiger partial charge in [-0.2, -0.15) is 5.10 Å². The van der Waals surface area contributed by atoms with Crippen molar-refractivity contribution in [3.8, 4) is 0 Å². The van der Waals surface area contributed by atoms with E-state index in [1.165, 1.54) is 11.1 Å². The van der Waals surface area contributed by atoms with Crippen molar-refractivity contribution < 1.29 is 4.21 Å². The molecular formula is C7H10N4OS. The monoisotopic (exact) mass is 198 g/mol. The summed E-state index contributed by atoms with van der Waals surface area (Å²) in [4.78, 5) is 5.24. The largest absolute Gasteiger partial charge is 0.260 e. The number of hydrogen-bond donors (Lipinski definition) is 0. The van der Waals surface area contributed by atoms with E-state index in [1.807, 2.05) is 0 Å². The first-order valence-electron chi connectivity index (χ1n) is 4.11. The van der Waals surface area contributed by atoms with Crippen LogP contribution in [0.2, 0.25) is 0 Å². The Morgan fingerprint density at radius 1 is 1.46 bits per heavy atom. The van der Waals surface area contributed by atoms with Crippen LogP contribution in [0.1, 0.15) is 12.8 Å². The third-order valence-electron chi connectivity index (χ3n) is 1.89. The Labute approximate surface area is 78.3 Å². The summed E-state index contributed by atoms with van der Waals surface area (Å²) in [5, 5.41) is 8.11. The van der Waals surface area contributed by atoms with E-state index in [1.54, 1.807) is 6.33 Å². The van der Waals surface area contributed by atoms with Gasteiger partial charge in [0.05, 0.1) is 0 Å². The minimum absolute atomic E-state index is 0.635. The topological polar surface area (TPSA) is 60.1 Å². The van der Waals surface area contributed by atoms with Gasteiger partial charge < -0.3 is 0 Å². The third kappa shape index (κ3) is 2.21. The zero-order chi connectivity index (χ0) is 9.10. The van der Waals surface area contributed by atoms with Gasteiger partial charge in [-0.05, 0) is 12.8 Å². The molecule has 0 radical (unpaired) electrons. The Kier molecular flexibility index (Phi) is 2.49. The maximum Gasteiger partial charge on any atom is 0.139 e. The zero-order valence-electron chi connectivity index (χ0n) is 7.09. The van der Waals surface area contributed by atoms with Crippen LogP contribution in [-0.2, 0) is 10.8 Å². The van der Waals surface area contributed by atoms with Crippen LogP contribution in [0.25, 0.3) is 0 Å². The van der Waals surface area contributed by atoms with Crippen LogP contribution in [0.15, 0.2) is 17.8 Å². The average Bonchev–Trinajstić information content (AvgIpc) is 2.62. The Balaban J connectivity index is 2.05. The molecule has 0 amide bonds. The molecule has 0 aliphatic carbocycles. The molecule has 1 aromatic heterocycles. The lowest BCUT2D eigenvalue weighted by atomic mass is 10.2. The SMILES string of the molecule is O=S1CCC(=Nn2cncn2)CC1. The molecule has 0 unspecified atom stereocenters. The van der Waals surface area contributed by atoms with Gasteiger partial charge in [-0.15, -0.1) is 9.89 Å². The van der Waals surface area contributed by atoms with Crippen molar-refractivity contribution in [1.29, 1.82) is 0 Å². The molecule has 0 saturated carbocycles. The van der Waals surface area contributed by atoms with E-state index in [0.29, 0.717) is 0 Å². The van der Waals surface area contributed by atoms with Crippen LogP contribution >= 0.6 is 0 Å². The molecule has 2 heterocycles. The molecule has 0 spiro atoms. The van der Waals surface area contributed by atoms with E-state index in [0.717, 1.165) is 30.1 Å². The van der Waals surface area contributed by atoms with Crippen molar-refractivity contribution in [3.05, 3.63) is 12.7 Å². The van der Waals surface area contributed by atoms with E-state index < -0.39 is 10.8 Å². The fraction of sp³-hybridized carbons (Fsp3) is 0.571. The van der Waals surface area contributed by atoms with Crippen molar-refractivity contribution >= 4 is 16.5 Å². The zero-order valence-corrected chi connectivity index (χ0v) is 7.90. The van der Waals surface area contributed by atoms with Crippen LogP contribution < -0.4 is 0 Å². The smallest absolute Gasteiger partial charge is 0.139 e. The van der Waals surface area contributed by atoms with Gasteiger partial charge in [0.25, 0.3) is 0 Å². The summed E-state index contributed by atoms with van der Waals surface area (Å²) < 4.78 is 11.0. The molecule has 1 saturated heterocycles. The van der Waals surface area contributed by atoms with E-state index in [2.05, 4.69) is 15.2 Å². The van der Waals surface area contributed by atoms with Gasteiger partial charge in [-0.25, -0.2) is 4.98 Å². The predicted octanol–water partition coefficient (Wildman–Crippen LogP) is 0.0247. The summed E-state index contributed by atoms with van der Waals surface area (Å²) in [6.07, 6.45) is 4.63. The van der Waals surface area contributed by atoms with Gasteiger partial charge in [0, 0.05) is 28.0 Å². The highest BCUT2D eigenvalue weighted by atomic mass is 32.2. The van der Waals surface area contributed by atoms with Gasteiger partial charge in [0.1, 0.15) is 12.7 Å². The number of rotatable bonds is 1. The van der Waals surface area contributed by atoms with Gasteiger partial charge in [-0.1, -0.05) is 0 Å². The predicted molar refractivity (Wildman–Crippen MR) is 50.0 cm³/mol. The highest BCUT2D eigenvalue weighted by molar-refractivity contribution is 7.85. The van der Waals surface area contributed by atoms with Crippen LogP contribution in [0.5, 0.6) is 0 Å². The number of nitrogens with zero attached hydrogens (tertiary/aromatic N) is 4. The molecule has 0 N–H and O–H groups in total. The molecule has 0 aromatic carbocycles. The Morgan fingerprint density at radius 2 is 2.23 bits per heavy atom. The van der Waals surface area contributed by atoms with Crippen LogP contribution in [-0.4, -0.2) is 36.3 Å². The van der Waals surface area contributed by atoms with Gasteiger partial charge in [-0.3, -0.25) is 4.21 Å². The van der Waals surface area contributed by atoms with Gasteiger partial charge in [0.15, 0.2) is 0 Å². The molecule has 0 atom stereocenters. The molecule has 1 aromatic rings. The average molecular weight is 198 g/mol. The van der Waals surface area contributed by atoms with E-state index in [-0.39, 0.29) is 0 Å². The lowest BCUT2D eigenvalue weighted by Crippen LogP contribution is -2.19. The maximum absolute atomic E-state index is 11.0. The molecule has 0 bridgehead atoms. The summed E-state index contributed by atoms with van der Waals surface area (Å²) in [7, 11) is -0.635. The minimum atomic E-state index is -0.635. The fourth-order valence-electron chi connectivity index (χ4n) is 1.19. The standard InChI is InChI=1S/C7H10N4OS/c12-13-3-1-7(2-4-13)10-11-6-8-5-9-11/h5-6H,1-4H2. The highest BCUT2D eigenvalue weighted by Gasteiger charge is 2.12. The van der Waals surface area contributed by atoms with E-state index in [9.17, 15) is 4.21 Å². The van der Waals surface area contributed by atoms with Crippen LogP contribution in [0.4, 0.5) is 0 Å². The quantitative estimate of drug-likeness (QED) is 0.639. The highest BCUT2D eigenvalue weighted by Crippen LogP contribution is 2.05. The minimum Gasteiger partial charge on any atom is -0.260 e. The molecule has 6 heteroatoms. The summed E-state index contributed by atoms with van der Waals surface area (Å²) >= 11 is 0. The maximum atomic E-state index is 11.0. The summed E-state index contributed by atoms with van der Waals surface area (Å²) in [5.41, 5.74) is 1.06. The van der Waals surface area contributed by atoms with Crippen molar-refractivity contribution in [2.24, 2.45) is 5.10 Å².